The summed E-state index contributed by atoms with van der Waals surface area (Å²) in [5.74, 6) is 0.611. The van der Waals surface area contributed by atoms with Crippen LogP contribution in [0.25, 0.3) is 0 Å². The van der Waals surface area contributed by atoms with Gasteiger partial charge in [0.05, 0.1) is 6.54 Å². The molecule has 0 aliphatic heterocycles. The molecule has 0 amide bonds. The topological polar surface area (TPSA) is 39.8 Å². The highest BCUT2D eigenvalue weighted by Crippen LogP contribution is 2.32. The molecule has 2 aromatic rings. The van der Waals surface area contributed by atoms with Crippen molar-refractivity contribution in [2.24, 2.45) is 5.92 Å². The van der Waals surface area contributed by atoms with Crippen LogP contribution in [0.1, 0.15) is 23.2 Å². The molecule has 0 spiro atoms. The molecule has 0 saturated heterocycles. The number of ketones is 1. The Kier molecular flexibility index (Phi) is 2.55. The second-order valence-electron chi connectivity index (χ2n) is 4.55. The van der Waals surface area contributed by atoms with Crippen LogP contribution in [0.5, 0.6) is 0 Å². The Morgan fingerprint density at radius 1 is 1.35 bits per heavy atom. The van der Waals surface area contributed by atoms with Crippen molar-refractivity contribution >= 4 is 5.78 Å². The lowest BCUT2D eigenvalue weighted by Crippen LogP contribution is -2.06. The van der Waals surface area contributed by atoms with E-state index in [0.29, 0.717) is 11.7 Å². The minimum atomic E-state index is 0.303. The van der Waals surface area contributed by atoms with Crippen molar-refractivity contribution in [3.63, 3.8) is 0 Å². The molecule has 0 aromatic carbocycles. The Morgan fingerprint density at radius 3 is 2.94 bits per heavy atom. The standard InChI is InChI=1S/C13H15N3O/c17-13(11-2-3-11)12-4-7-15(10-12)8-9-16-6-1-5-14-16/h1,4-7,10-11H,2-3,8-9H2. The third kappa shape index (κ3) is 2.30. The molecule has 0 bridgehead atoms. The summed E-state index contributed by atoms with van der Waals surface area (Å²) in [6.45, 7) is 1.68. The lowest BCUT2D eigenvalue weighted by Gasteiger charge is -2.02. The van der Waals surface area contributed by atoms with Gasteiger partial charge in [-0.25, -0.2) is 0 Å². The summed E-state index contributed by atoms with van der Waals surface area (Å²) < 4.78 is 3.94. The fourth-order valence-corrected chi connectivity index (χ4v) is 1.96. The zero-order valence-corrected chi connectivity index (χ0v) is 9.62. The van der Waals surface area contributed by atoms with E-state index < -0.39 is 0 Å². The maximum atomic E-state index is 11.8. The molecule has 88 valence electrons. The van der Waals surface area contributed by atoms with E-state index in [0.717, 1.165) is 31.5 Å². The van der Waals surface area contributed by atoms with Gasteiger partial charge in [0.25, 0.3) is 0 Å². The fourth-order valence-electron chi connectivity index (χ4n) is 1.96. The van der Waals surface area contributed by atoms with Crippen LogP contribution in [0.15, 0.2) is 36.9 Å². The summed E-state index contributed by atoms with van der Waals surface area (Å²) in [6.07, 6.45) is 9.77. The highest BCUT2D eigenvalue weighted by molar-refractivity contribution is 5.99. The van der Waals surface area contributed by atoms with E-state index in [-0.39, 0.29) is 0 Å². The van der Waals surface area contributed by atoms with E-state index >= 15 is 0 Å². The van der Waals surface area contributed by atoms with Gasteiger partial charge in [-0.1, -0.05) is 0 Å². The number of carbonyl (C=O) groups is 1. The largest absolute Gasteiger partial charge is 0.352 e. The summed E-state index contributed by atoms with van der Waals surface area (Å²) in [5, 5.41) is 4.15. The normalized spacial score (nSPS) is 15.1. The van der Waals surface area contributed by atoms with Gasteiger partial charge in [-0.05, 0) is 25.0 Å². The number of carbonyl (C=O) groups excluding carboxylic acids is 1. The summed E-state index contributed by atoms with van der Waals surface area (Å²) in [4.78, 5) is 11.8. The van der Waals surface area contributed by atoms with Gasteiger partial charge in [-0.3, -0.25) is 9.48 Å². The quantitative estimate of drug-likeness (QED) is 0.735. The molecule has 1 saturated carbocycles. The number of nitrogens with zero attached hydrogens (tertiary/aromatic N) is 3. The molecule has 0 radical (unpaired) electrons. The summed E-state index contributed by atoms with van der Waals surface area (Å²) >= 11 is 0. The van der Waals surface area contributed by atoms with Crippen LogP contribution >= 0.6 is 0 Å². The predicted molar refractivity (Wildman–Crippen MR) is 63.7 cm³/mol. The third-order valence-corrected chi connectivity index (χ3v) is 3.13. The van der Waals surface area contributed by atoms with Crippen LogP contribution in [-0.2, 0) is 13.1 Å². The van der Waals surface area contributed by atoms with E-state index in [1.165, 1.54) is 0 Å². The van der Waals surface area contributed by atoms with E-state index in [4.69, 9.17) is 0 Å². The molecule has 4 heteroatoms. The van der Waals surface area contributed by atoms with E-state index in [1.54, 1.807) is 6.20 Å². The number of aryl methyl sites for hydroxylation is 2. The lowest BCUT2D eigenvalue weighted by molar-refractivity contribution is 0.0967. The van der Waals surface area contributed by atoms with Gasteiger partial charge in [0.2, 0.25) is 0 Å². The smallest absolute Gasteiger partial charge is 0.167 e. The van der Waals surface area contributed by atoms with Gasteiger partial charge >= 0.3 is 0 Å². The van der Waals surface area contributed by atoms with E-state index in [2.05, 4.69) is 9.67 Å². The van der Waals surface area contributed by atoms with Gasteiger partial charge in [0.1, 0.15) is 0 Å². The SMILES string of the molecule is O=C(c1ccn(CCn2cccn2)c1)C1CC1. The highest BCUT2D eigenvalue weighted by Gasteiger charge is 2.30. The van der Waals surface area contributed by atoms with E-state index in [1.807, 2.05) is 35.4 Å². The number of Topliss-reactive ketones (excluding diaryl/α,β-unsaturated/α-hetero) is 1. The zero-order valence-electron chi connectivity index (χ0n) is 9.62. The monoisotopic (exact) mass is 229 g/mol. The van der Waals surface area contributed by atoms with Crippen molar-refractivity contribution in [2.75, 3.05) is 0 Å². The molecule has 1 aliphatic rings. The fraction of sp³-hybridized carbons (Fsp3) is 0.385. The highest BCUT2D eigenvalue weighted by atomic mass is 16.1. The predicted octanol–water partition coefficient (Wildman–Crippen LogP) is 1.98. The van der Waals surface area contributed by atoms with Gasteiger partial charge in [-0.15, -0.1) is 0 Å². The maximum absolute atomic E-state index is 11.8. The molecule has 1 aliphatic carbocycles. The maximum Gasteiger partial charge on any atom is 0.167 e. The average Bonchev–Trinajstić information content (AvgIpc) is 2.88. The van der Waals surface area contributed by atoms with Crippen LogP contribution in [0, 0.1) is 5.92 Å². The second kappa shape index (κ2) is 4.20. The first-order valence-electron chi connectivity index (χ1n) is 6.00. The number of hydrogen-bond acceptors (Lipinski definition) is 2. The summed E-state index contributed by atoms with van der Waals surface area (Å²) in [6, 6.07) is 3.83. The van der Waals surface area contributed by atoms with Crippen LogP contribution in [0.4, 0.5) is 0 Å². The lowest BCUT2D eigenvalue weighted by atomic mass is 10.1. The third-order valence-electron chi connectivity index (χ3n) is 3.13. The molecule has 0 N–H and O–H groups in total. The number of hydrogen-bond donors (Lipinski definition) is 0. The zero-order chi connectivity index (χ0) is 11.7. The first-order chi connectivity index (χ1) is 8.33. The van der Waals surface area contributed by atoms with Crippen LogP contribution in [0.3, 0.4) is 0 Å². The minimum absolute atomic E-state index is 0.303. The summed E-state index contributed by atoms with van der Waals surface area (Å²) in [5.41, 5.74) is 0.855. The number of aromatic nitrogens is 3. The summed E-state index contributed by atoms with van der Waals surface area (Å²) in [7, 11) is 0. The van der Waals surface area contributed by atoms with E-state index in [9.17, 15) is 4.79 Å². The number of rotatable bonds is 5. The Bertz CT molecular complexity index is 509. The molecule has 0 atom stereocenters. The Hall–Kier alpha value is -1.84. The first kappa shape index (κ1) is 10.3. The van der Waals surface area contributed by atoms with Crippen molar-refractivity contribution in [3.05, 3.63) is 42.5 Å². The van der Waals surface area contributed by atoms with Crippen molar-refractivity contribution in [3.8, 4) is 0 Å². The molecule has 2 heterocycles. The molecule has 1 fully saturated rings. The second-order valence-corrected chi connectivity index (χ2v) is 4.55. The first-order valence-corrected chi connectivity index (χ1v) is 6.00. The Labute approximate surface area is 99.9 Å². The molecule has 0 unspecified atom stereocenters. The molecular weight excluding hydrogens is 214 g/mol. The molecule has 4 nitrogen and oxygen atoms in total. The molecule has 3 rings (SSSR count). The van der Waals surface area contributed by atoms with Gasteiger partial charge in [0.15, 0.2) is 5.78 Å². The van der Waals surface area contributed by atoms with Crippen molar-refractivity contribution < 1.29 is 4.79 Å². The molecule has 2 aromatic heterocycles. The minimum Gasteiger partial charge on any atom is -0.352 e. The van der Waals surface area contributed by atoms with Crippen LogP contribution in [0.2, 0.25) is 0 Å². The average molecular weight is 229 g/mol. The van der Waals surface area contributed by atoms with Gasteiger partial charge < -0.3 is 4.57 Å². The van der Waals surface area contributed by atoms with Crippen LogP contribution in [-0.4, -0.2) is 20.1 Å². The van der Waals surface area contributed by atoms with Gasteiger partial charge in [0, 0.05) is 42.8 Å². The van der Waals surface area contributed by atoms with Crippen molar-refractivity contribution in [1.82, 2.24) is 14.3 Å². The molecule has 17 heavy (non-hydrogen) atoms. The Morgan fingerprint density at radius 2 is 2.24 bits per heavy atom. The van der Waals surface area contributed by atoms with Crippen LogP contribution < -0.4 is 0 Å². The van der Waals surface area contributed by atoms with Crippen molar-refractivity contribution in [1.29, 1.82) is 0 Å². The molecular formula is C13H15N3O. The Balaban J connectivity index is 1.62. The van der Waals surface area contributed by atoms with Gasteiger partial charge in [-0.2, -0.15) is 5.10 Å². The van der Waals surface area contributed by atoms with Crippen molar-refractivity contribution in [2.45, 2.75) is 25.9 Å².